The summed E-state index contributed by atoms with van der Waals surface area (Å²) in [5.41, 5.74) is 12.3. The molecule has 0 saturated carbocycles. The largest absolute Gasteiger partial charge is 0.496 e. The zero-order valence-corrected chi connectivity index (χ0v) is 20.1. The number of hydrogen-bond donors (Lipinski definition) is 3. The maximum atomic E-state index is 6.85. The number of aliphatic imine (C=N–C) groups is 1. The SMILES string of the molecule is COc1cc(-c2cnc(C)n2C)ccc1C1(N)N=Cc2cc(C)nc(NC3CCOCC3)c2N1. The van der Waals surface area contributed by atoms with Crippen molar-refractivity contribution in [3.8, 4) is 17.0 Å². The molecule has 0 bridgehead atoms. The summed E-state index contributed by atoms with van der Waals surface area (Å²) in [5, 5.41) is 7.05. The highest BCUT2D eigenvalue weighted by Crippen LogP contribution is 2.39. The van der Waals surface area contributed by atoms with Gasteiger partial charge < -0.3 is 24.7 Å². The fraction of sp³-hybridized carbons (Fsp3) is 0.400. The van der Waals surface area contributed by atoms with Crippen LogP contribution in [0.25, 0.3) is 11.3 Å². The second kappa shape index (κ2) is 8.73. The van der Waals surface area contributed by atoms with Gasteiger partial charge in [0.05, 0.1) is 30.3 Å². The maximum absolute atomic E-state index is 6.85. The van der Waals surface area contributed by atoms with E-state index in [0.29, 0.717) is 11.8 Å². The number of rotatable bonds is 5. The van der Waals surface area contributed by atoms with Crippen LogP contribution < -0.4 is 21.1 Å². The Morgan fingerprint density at radius 2 is 2.03 bits per heavy atom. The summed E-state index contributed by atoms with van der Waals surface area (Å²) in [5.74, 6) is 1.16. The smallest absolute Gasteiger partial charge is 0.212 e. The lowest BCUT2D eigenvalue weighted by molar-refractivity contribution is 0.0904. The van der Waals surface area contributed by atoms with Gasteiger partial charge >= 0.3 is 0 Å². The zero-order chi connectivity index (χ0) is 23.9. The molecule has 2 aliphatic rings. The van der Waals surface area contributed by atoms with Crippen molar-refractivity contribution in [3.05, 3.63) is 53.1 Å². The van der Waals surface area contributed by atoms with E-state index in [1.165, 1.54) is 0 Å². The second-order valence-electron chi connectivity index (χ2n) is 8.92. The maximum Gasteiger partial charge on any atom is 0.212 e. The molecule has 1 fully saturated rings. The van der Waals surface area contributed by atoms with E-state index in [1.54, 1.807) is 7.11 Å². The van der Waals surface area contributed by atoms with Gasteiger partial charge in [-0.3, -0.25) is 5.73 Å². The van der Waals surface area contributed by atoms with Crippen LogP contribution in [0.3, 0.4) is 0 Å². The molecular formula is C25H31N7O2. The summed E-state index contributed by atoms with van der Waals surface area (Å²) >= 11 is 0. The first-order valence-corrected chi connectivity index (χ1v) is 11.5. The van der Waals surface area contributed by atoms with Crippen LogP contribution in [-0.4, -0.2) is 47.1 Å². The third-order valence-corrected chi connectivity index (χ3v) is 6.59. The number of nitrogens with two attached hydrogens (primary N) is 1. The van der Waals surface area contributed by atoms with Crippen LogP contribution in [0.15, 0.2) is 35.5 Å². The minimum atomic E-state index is -1.21. The lowest BCUT2D eigenvalue weighted by Crippen LogP contribution is -2.45. The molecule has 1 aromatic carbocycles. The molecule has 9 heteroatoms. The molecule has 0 amide bonds. The van der Waals surface area contributed by atoms with Gasteiger partial charge in [0.15, 0.2) is 5.82 Å². The fourth-order valence-electron chi connectivity index (χ4n) is 4.54. The van der Waals surface area contributed by atoms with Crippen molar-refractivity contribution in [3.63, 3.8) is 0 Å². The summed E-state index contributed by atoms with van der Waals surface area (Å²) < 4.78 is 13.3. The Kier molecular flexibility index (Phi) is 5.75. The molecule has 2 aromatic heterocycles. The Balaban J connectivity index is 1.50. The Labute approximate surface area is 199 Å². The average Bonchev–Trinajstić information content (AvgIpc) is 3.18. The molecular weight excluding hydrogens is 430 g/mol. The Morgan fingerprint density at radius 1 is 1.24 bits per heavy atom. The highest BCUT2D eigenvalue weighted by Gasteiger charge is 2.35. The van der Waals surface area contributed by atoms with Crippen LogP contribution in [0.5, 0.6) is 5.75 Å². The predicted molar refractivity (Wildman–Crippen MR) is 133 cm³/mol. The van der Waals surface area contributed by atoms with E-state index >= 15 is 0 Å². The van der Waals surface area contributed by atoms with E-state index < -0.39 is 5.79 Å². The number of aryl methyl sites for hydroxylation is 2. The first-order valence-electron chi connectivity index (χ1n) is 11.5. The first kappa shape index (κ1) is 22.4. The van der Waals surface area contributed by atoms with Gasteiger partial charge in [0, 0.05) is 49.3 Å². The van der Waals surface area contributed by atoms with Gasteiger partial charge in [-0.15, -0.1) is 0 Å². The molecule has 0 radical (unpaired) electrons. The van der Waals surface area contributed by atoms with E-state index in [-0.39, 0.29) is 0 Å². The van der Waals surface area contributed by atoms with Gasteiger partial charge in [0.2, 0.25) is 5.79 Å². The van der Waals surface area contributed by atoms with Crippen molar-refractivity contribution in [2.75, 3.05) is 31.0 Å². The number of methoxy groups -OCH3 is 1. The minimum absolute atomic E-state index is 0.302. The molecule has 1 unspecified atom stereocenters. The molecule has 4 N–H and O–H groups in total. The standard InChI is InChI=1S/C25H31N7O2/c1-15-11-18-13-28-25(26,31-23(18)24(29-15)30-19-7-9-34-10-8-19)20-6-5-17(12-22(20)33-4)21-14-27-16(2)32(21)3/h5-6,11-14,19,31H,7-10,26H2,1-4H3,(H,29,30). The number of nitrogens with zero attached hydrogens (tertiary/aromatic N) is 4. The fourth-order valence-corrected chi connectivity index (χ4v) is 4.54. The van der Waals surface area contributed by atoms with Crippen LogP contribution >= 0.6 is 0 Å². The van der Waals surface area contributed by atoms with Gasteiger partial charge in [-0.05, 0) is 44.9 Å². The lowest BCUT2D eigenvalue weighted by atomic mass is 10.0. The highest BCUT2D eigenvalue weighted by atomic mass is 16.5. The zero-order valence-electron chi connectivity index (χ0n) is 20.1. The third kappa shape index (κ3) is 4.01. The summed E-state index contributed by atoms with van der Waals surface area (Å²) in [4.78, 5) is 13.9. The van der Waals surface area contributed by atoms with Crippen LogP contribution in [0.1, 0.15) is 35.5 Å². The molecule has 0 aliphatic carbocycles. The van der Waals surface area contributed by atoms with Crippen molar-refractivity contribution in [2.24, 2.45) is 17.8 Å². The van der Waals surface area contributed by atoms with Gasteiger partial charge in [-0.1, -0.05) is 6.07 Å². The molecule has 1 saturated heterocycles. The normalized spacial score (nSPS) is 20.0. The van der Waals surface area contributed by atoms with Crippen molar-refractivity contribution in [1.29, 1.82) is 0 Å². The van der Waals surface area contributed by atoms with Gasteiger partial charge in [0.1, 0.15) is 11.6 Å². The molecule has 3 aromatic rings. The van der Waals surface area contributed by atoms with Crippen molar-refractivity contribution in [2.45, 2.75) is 38.5 Å². The molecule has 0 spiro atoms. The van der Waals surface area contributed by atoms with Crippen molar-refractivity contribution in [1.82, 2.24) is 14.5 Å². The monoisotopic (exact) mass is 461 g/mol. The Bertz CT molecular complexity index is 1250. The van der Waals surface area contributed by atoms with E-state index in [4.69, 9.17) is 25.2 Å². The highest BCUT2D eigenvalue weighted by molar-refractivity contribution is 5.94. The minimum Gasteiger partial charge on any atom is -0.496 e. The molecule has 178 valence electrons. The number of aromatic nitrogens is 3. The molecule has 1 atom stereocenters. The van der Waals surface area contributed by atoms with E-state index in [9.17, 15) is 0 Å². The van der Waals surface area contributed by atoms with E-state index in [0.717, 1.165) is 71.5 Å². The van der Waals surface area contributed by atoms with Crippen molar-refractivity contribution >= 4 is 17.7 Å². The van der Waals surface area contributed by atoms with Crippen LogP contribution in [0.2, 0.25) is 0 Å². The average molecular weight is 462 g/mol. The number of benzene rings is 1. The number of fused-ring (bicyclic) bond motifs is 1. The summed E-state index contributed by atoms with van der Waals surface area (Å²) in [6.07, 6.45) is 5.55. The van der Waals surface area contributed by atoms with E-state index in [2.05, 4.69) is 15.6 Å². The van der Waals surface area contributed by atoms with E-state index in [1.807, 2.05) is 62.1 Å². The summed E-state index contributed by atoms with van der Waals surface area (Å²) in [6, 6.07) is 8.26. The molecule has 9 nitrogen and oxygen atoms in total. The summed E-state index contributed by atoms with van der Waals surface area (Å²) in [6.45, 7) is 5.46. The number of pyridine rings is 1. The predicted octanol–water partition coefficient (Wildman–Crippen LogP) is 3.31. The first-order chi connectivity index (χ1) is 16.4. The van der Waals surface area contributed by atoms with Crippen LogP contribution in [0, 0.1) is 13.8 Å². The number of anilines is 2. The van der Waals surface area contributed by atoms with Crippen LogP contribution in [-0.2, 0) is 17.6 Å². The summed E-state index contributed by atoms with van der Waals surface area (Å²) in [7, 11) is 3.64. The van der Waals surface area contributed by atoms with Gasteiger partial charge in [0.25, 0.3) is 0 Å². The molecule has 34 heavy (non-hydrogen) atoms. The molecule has 4 heterocycles. The number of ether oxygens (including phenoxy) is 2. The lowest BCUT2D eigenvalue weighted by Gasteiger charge is -2.34. The second-order valence-corrected chi connectivity index (χ2v) is 8.92. The number of hydrogen-bond acceptors (Lipinski definition) is 8. The molecule has 2 aliphatic heterocycles. The molecule has 5 rings (SSSR count). The van der Waals surface area contributed by atoms with Crippen LogP contribution in [0.4, 0.5) is 11.5 Å². The Hall–Kier alpha value is -3.43. The van der Waals surface area contributed by atoms with Gasteiger partial charge in [-0.2, -0.15) is 0 Å². The third-order valence-electron chi connectivity index (χ3n) is 6.59. The quantitative estimate of drug-likeness (QED) is 0.534. The Morgan fingerprint density at radius 3 is 2.74 bits per heavy atom. The number of imidazole rings is 1. The van der Waals surface area contributed by atoms with Crippen molar-refractivity contribution < 1.29 is 9.47 Å². The topological polar surface area (TPSA) is 112 Å². The van der Waals surface area contributed by atoms with Gasteiger partial charge in [-0.25, -0.2) is 15.0 Å². The number of nitrogens with one attached hydrogen (secondary N) is 2.